The lowest BCUT2D eigenvalue weighted by Crippen LogP contribution is -2.44. The highest BCUT2D eigenvalue weighted by Crippen LogP contribution is 2.19. The molecule has 6 nitrogen and oxygen atoms in total. The first-order valence-corrected chi connectivity index (χ1v) is 4.78. The Morgan fingerprint density at radius 3 is 2.67 bits per heavy atom. The van der Waals surface area contributed by atoms with E-state index in [1.54, 1.807) is 6.92 Å². The van der Waals surface area contributed by atoms with Crippen LogP contribution >= 0.6 is 0 Å². The number of nitrogens with zero attached hydrogens (tertiary/aromatic N) is 2. The van der Waals surface area contributed by atoms with Gasteiger partial charge in [-0.25, -0.2) is 9.59 Å². The average molecular weight is 216 g/mol. The third-order valence-electron chi connectivity index (χ3n) is 2.34. The van der Waals surface area contributed by atoms with Gasteiger partial charge in [-0.15, -0.1) is 0 Å². The maximum absolute atomic E-state index is 11.3. The summed E-state index contributed by atoms with van der Waals surface area (Å²) in [6.45, 7) is 2.57. The number of carboxylic acids is 1. The number of likely N-dealkylation sites (N-methyl/N-ethyl adjacent to an activating group) is 1. The third kappa shape index (κ3) is 2.59. The summed E-state index contributed by atoms with van der Waals surface area (Å²) in [5, 5.41) is 8.95. The van der Waals surface area contributed by atoms with Crippen LogP contribution in [0.2, 0.25) is 0 Å². The van der Waals surface area contributed by atoms with Gasteiger partial charge in [0.25, 0.3) is 0 Å². The van der Waals surface area contributed by atoms with Gasteiger partial charge < -0.3 is 14.7 Å². The molecule has 2 atom stereocenters. The zero-order valence-electron chi connectivity index (χ0n) is 9.14. The Morgan fingerprint density at radius 2 is 2.20 bits per heavy atom. The number of carboxylic acid groups (broad SMARTS) is 1. The van der Waals surface area contributed by atoms with Crippen molar-refractivity contribution in [1.29, 1.82) is 0 Å². The molecule has 0 aromatic carbocycles. The molecule has 1 amide bonds. The summed E-state index contributed by atoms with van der Waals surface area (Å²) in [7, 11) is 3.72. The normalized spacial score (nSPS) is 25.9. The molecule has 1 aliphatic heterocycles. The van der Waals surface area contributed by atoms with Gasteiger partial charge in [0.05, 0.1) is 0 Å². The molecule has 15 heavy (non-hydrogen) atoms. The Labute approximate surface area is 88.4 Å². The van der Waals surface area contributed by atoms with E-state index in [4.69, 9.17) is 9.84 Å². The van der Waals surface area contributed by atoms with Gasteiger partial charge in [0.15, 0.2) is 6.04 Å². The molecular formula is C9H16N2O4. The highest BCUT2D eigenvalue weighted by molar-refractivity contribution is 5.83. The van der Waals surface area contributed by atoms with Crippen LogP contribution in [-0.4, -0.2) is 66.3 Å². The number of carbonyl (C=O) groups is 2. The molecule has 0 bridgehead atoms. The minimum atomic E-state index is -1.02. The predicted molar refractivity (Wildman–Crippen MR) is 52.6 cm³/mol. The number of aliphatic carboxylic acids is 1. The van der Waals surface area contributed by atoms with Gasteiger partial charge in [0.2, 0.25) is 0 Å². The Kier molecular flexibility index (Phi) is 3.52. The van der Waals surface area contributed by atoms with E-state index in [0.29, 0.717) is 13.1 Å². The van der Waals surface area contributed by atoms with Crippen molar-refractivity contribution in [3.05, 3.63) is 0 Å². The van der Waals surface area contributed by atoms with Crippen LogP contribution in [0.15, 0.2) is 0 Å². The first-order valence-electron chi connectivity index (χ1n) is 4.78. The molecule has 2 unspecified atom stereocenters. The van der Waals surface area contributed by atoms with Gasteiger partial charge in [-0.2, -0.15) is 0 Å². The lowest BCUT2D eigenvalue weighted by Gasteiger charge is -2.21. The van der Waals surface area contributed by atoms with Crippen LogP contribution in [0.5, 0.6) is 0 Å². The van der Waals surface area contributed by atoms with E-state index in [-0.39, 0.29) is 0 Å². The largest absolute Gasteiger partial charge is 0.480 e. The number of cyclic esters (lactones) is 1. The van der Waals surface area contributed by atoms with E-state index >= 15 is 0 Å². The van der Waals surface area contributed by atoms with Gasteiger partial charge in [-0.1, -0.05) is 0 Å². The Hall–Kier alpha value is -1.30. The summed E-state index contributed by atoms with van der Waals surface area (Å²) in [5.74, 6) is -1.02. The van der Waals surface area contributed by atoms with E-state index in [2.05, 4.69) is 0 Å². The molecule has 0 aromatic heterocycles. The Morgan fingerprint density at radius 1 is 1.60 bits per heavy atom. The Bertz CT molecular complexity index is 267. The fourth-order valence-electron chi connectivity index (χ4n) is 1.53. The lowest BCUT2D eigenvalue weighted by molar-refractivity contribution is -0.142. The van der Waals surface area contributed by atoms with Crippen LogP contribution in [0.3, 0.4) is 0 Å². The molecule has 1 rings (SSSR count). The molecule has 0 spiro atoms. The van der Waals surface area contributed by atoms with E-state index in [1.165, 1.54) is 4.90 Å². The smallest absolute Gasteiger partial charge is 0.411 e. The number of amides is 1. The van der Waals surface area contributed by atoms with Gasteiger partial charge >= 0.3 is 12.1 Å². The first kappa shape index (κ1) is 11.8. The quantitative estimate of drug-likeness (QED) is 0.707. The molecule has 1 N–H and O–H groups in total. The van der Waals surface area contributed by atoms with Crippen molar-refractivity contribution in [2.24, 2.45) is 0 Å². The summed E-state index contributed by atoms with van der Waals surface area (Å²) >= 11 is 0. The topological polar surface area (TPSA) is 70.1 Å². The molecule has 86 valence electrons. The van der Waals surface area contributed by atoms with Crippen molar-refractivity contribution in [2.45, 2.75) is 19.1 Å². The van der Waals surface area contributed by atoms with Crippen LogP contribution in [0, 0.1) is 0 Å². The third-order valence-corrected chi connectivity index (χ3v) is 2.34. The highest BCUT2D eigenvalue weighted by atomic mass is 16.6. The predicted octanol–water partition coefficient (Wildman–Crippen LogP) is -0.158. The molecular weight excluding hydrogens is 200 g/mol. The maximum atomic E-state index is 11.3. The summed E-state index contributed by atoms with van der Waals surface area (Å²) in [5.41, 5.74) is 0. The van der Waals surface area contributed by atoms with E-state index in [0.717, 1.165) is 0 Å². The molecule has 6 heteroatoms. The summed E-state index contributed by atoms with van der Waals surface area (Å²) in [6, 6.07) is -0.863. The van der Waals surface area contributed by atoms with Crippen molar-refractivity contribution in [3.63, 3.8) is 0 Å². The number of hydrogen-bond acceptors (Lipinski definition) is 4. The highest BCUT2D eigenvalue weighted by Gasteiger charge is 2.43. The summed E-state index contributed by atoms with van der Waals surface area (Å²) < 4.78 is 4.87. The van der Waals surface area contributed by atoms with Gasteiger partial charge in [0.1, 0.15) is 6.10 Å². The standard InChI is InChI=1S/C9H16N2O4/c1-6-7(8(12)13)11(9(14)15-6)5-4-10(2)3/h6-7H,4-5H2,1-3H3,(H,12,13). The molecule has 0 aliphatic carbocycles. The van der Waals surface area contributed by atoms with Crippen LogP contribution in [0.4, 0.5) is 4.79 Å². The van der Waals surface area contributed by atoms with Gasteiger partial charge in [-0.05, 0) is 21.0 Å². The van der Waals surface area contributed by atoms with Crippen molar-refractivity contribution in [3.8, 4) is 0 Å². The lowest BCUT2D eigenvalue weighted by atomic mass is 10.2. The van der Waals surface area contributed by atoms with E-state index in [1.807, 2.05) is 19.0 Å². The average Bonchev–Trinajstić information content (AvgIpc) is 2.37. The monoisotopic (exact) mass is 216 g/mol. The Balaban J connectivity index is 2.66. The van der Waals surface area contributed by atoms with E-state index in [9.17, 15) is 9.59 Å². The van der Waals surface area contributed by atoms with Crippen LogP contribution in [0.25, 0.3) is 0 Å². The van der Waals surface area contributed by atoms with Crippen LogP contribution in [0.1, 0.15) is 6.92 Å². The molecule has 1 fully saturated rings. The van der Waals surface area contributed by atoms with Crippen molar-refractivity contribution in [1.82, 2.24) is 9.80 Å². The van der Waals surface area contributed by atoms with Gasteiger partial charge in [0, 0.05) is 13.1 Å². The van der Waals surface area contributed by atoms with E-state index < -0.39 is 24.2 Å². The van der Waals surface area contributed by atoms with Crippen LogP contribution in [-0.2, 0) is 9.53 Å². The summed E-state index contributed by atoms with van der Waals surface area (Å²) in [4.78, 5) is 25.4. The van der Waals surface area contributed by atoms with Crippen LogP contribution < -0.4 is 0 Å². The molecule has 1 saturated heterocycles. The fraction of sp³-hybridized carbons (Fsp3) is 0.778. The van der Waals surface area contributed by atoms with Crippen molar-refractivity contribution in [2.75, 3.05) is 27.2 Å². The van der Waals surface area contributed by atoms with Crippen molar-refractivity contribution >= 4 is 12.1 Å². The number of carbonyl (C=O) groups excluding carboxylic acids is 1. The maximum Gasteiger partial charge on any atom is 0.411 e. The second-order valence-electron chi connectivity index (χ2n) is 3.87. The molecule has 0 saturated carbocycles. The molecule has 1 aliphatic rings. The number of ether oxygens (including phenoxy) is 1. The first-order chi connectivity index (χ1) is 6.93. The minimum absolute atomic E-state index is 0.368. The number of rotatable bonds is 4. The van der Waals surface area contributed by atoms with Gasteiger partial charge in [-0.3, -0.25) is 4.90 Å². The SMILES string of the molecule is CC1OC(=O)N(CCN(C)C)C1C(=O)O. The molecule has 0 aromatic rings. The number of hydrogen-bond donors (Lipinski definition) is 1. The summed E-state index contributed by atoms with van der Waals surface area (Å²) in [6.07, 6.45) is -1.13. The second-order valence-corrected chi connectivity index (χ2v) is 3.87. The minimum Gasteiger partial charge on any atom is -0.480 e. The van der Waals surface area contributed by atoms with Crippen molar-refractivity contribution < 1.29 is 19.4 Å². The zero-order chi connectivity index (χ0) is 11.6. The molecule has 0 radical (unpaired) electrons. The molecule has 1 heterocycles. The zero-order valence-corrected chi connectivity index (χ0v) is 9.14. The second kappa shape index (κ2) is 4.48. The fourth-order valence-corrected chi connectivity index (χ4v) is 1.53.